The number of hydrogen-bond acceptors (Lipinski definition) is 5. The topological polar surface area (TPSA) is 60.9 Å². The van der Waals surface area contributed by atoms with E-state index in [0.717, 1.165) is 36.3 Å². The number of nitrogens with zero attached hydrogens (tertiary/aromatic N) is 2. The summed E-state index contributed by atoms with van der Waals surface area (Å²) in [5.74, 6) is 0.738. The minimum atomic E-state index is -0.0551. The highest BCUT2D eigenvalue weighted by Gasteiger charge is 2.18. The zero-order valence-corrected chi connectivity index (χ0v) is 14.0. The number of rotatable bonds is 9. The van der Waals surface area contributed by atoms with Crippen molar-refractivity contribution in [2.24, 2.45) is 0 Å². The molecule has 128 valence electrons. The van der Waals surface area contributed by atoms with Crippen LogP contribution in [0.15, 0.2) is 12.3 Å². The molecule has 0 radical (unpaired) electrons. The van der Waals surface area contributed by atoms with E-state index in [2.05, 4.69) is 4.98 Å². The molecule has 1 aromatic heterocycles. The Hall–Kier alpha value is -1.66. The normalized spacial score (nSPS) is 13.5. The number of pyridine rings is 1. The zero-order valence-electron chi connectivity index (χ0n) is 14.0. The molecule has 0 spiro atoms. The van der Waals surface area contributed by atoms with Crippen LogP contribution in [-0.4, -0.2) is 62.9 Å². The van der Waals surface area contributed by atoms with Gasteiger partial charge in [0.25, 0.3) is 5.91 Å². The predicted molar refractivity (Wildman–Crippen MR) is 86.7 cm³/mol. The standard InChI is InChI=1S/C17H26N2O4/c1-21-11-9-19(10-12-22-2)17(20)13-23-16-7-8-18-15-6-4-3-5-14(15)16/h7-8H,3-6,9-13H2,1-2H3. The average molecular weight is 322 g/mol. The number of aryl methyl sites for hydroxylation is 1. The monoisotopic (exact) mass is 322 g/mol. The van der Waals surface area contributed by atoms with Gasteiger partial charge in [-0.05, 0) is 31.7 Å². The van der Waals surface area contributed by atoms with Crippen molar-refractivity contribution >= 4 is 5.91 Å². The molecule has 6 nitrogen and oxygen atoms in total. The lowest BCUT2D eigenvalue weighted by Crippen LogP contribution is -2.39. The lowest BCUT2D eigenvalue weighted by molar-refractivity contribution is -0.134. The fraction of sp³-hybridized carbons (Fsp3) is 0.647. The fourth-order valence-corrected chi connectivity index (χ4v) is 2.72. The summed E-state index contributed by atoms with van der Waals surface area (Å²) in [5.41, 5.74) is 2.27. The van der Waals surface area contributed by atoms with Crippen molar-refractivity contribution in [2.45, 2.75) is 25.7 Å². The van der Waals surface area contributed by atoms with Gasteiger partial charge >= 0.3 is 0 Å². The minimum Gasteiger partial charge on any atom is -0.483 e. The molecule has 0 saturated heterocycles. The van der Waals surface area contributed by atoms with E-state index in [-0.39, 0.29) is 12.5 Å². The Morgan fingerprint density at radius 2 is 1.87 bits per heavy atom. The molecule has 0 aliphatic heterocycles. The third-order valence-electron chi connectivity index (χ3n) is 4.03. The maximum atomic E-state index is 12.4. The molecule has 0 N–H and O–H groups in total. The second kappa shape index (κ2) is 9.47. The van der Waals surface area contributed by atoms with Crippen molar-refractivity contribution in [1.82, 2.24) is 9.88 Å². The van der Waals surface area contributed by atoms with Crippen LogP contribution in [0.4, 0.5) is 0 Å². The highest BCUT2D eigenvalue weighted by Crippen LogP contribution is 2.27. The van der Waals surface area contributed by atoms with Crippen molar-refractivity contribution in [1.29, 1.82) is 0 Å². The van der Waals surface area contributed by atoms with Crippen molar-refractivity contribution < 1.29 is 19.0 Å². The Kier molecular flexibility index (Phi) is 7.29. The van der Waals surface area contributed by atoms with Crippen LogP contribution in [-0.2, 0) is 27.1 Å². The summed E-state index contributed by atoms with van der Waals surface area (Å²) in [5, 5.41) is 0. The molecule has 0 atom stereocenters. The van der Waals surface area contributed by atoms with Crippen LogP contribution in [0, 0.1) is 0 Å². The molecule has 1 aromatic rings. The Balaban J connectivity index is 1.94. The maximum absolute atomic E-state index is 12.4. The van der Waals surface area contributed by atoms with Crippen molar-refractivity contribution in [2.75, 3.05) is 47.1 Å². The number of carbonyl (C=O) groups excluding carboxylic acids is 1. The molecule has 23 heavy (non-hydrogen) atoms. The molecule has 0 unspecified atom stereocenters. The number of amides is 1. The number of carbonyl (C=O) groups is 1. The number of ether oxygens (including phenoxy) is 3. The van der Waals surface area contributed by atoms with Crippen LogP contribution in [0.25, 0.3) is 0 Å². The van der Waals surface area contributed by atoms with Gasteiger partial charge in [0.05, 0.1) is 13.2 Å². The SMILES string of the molecule is COCCN(CCOC)C(=O)COc1ccnc2c1CCCC2. The smallest absolute Gasteiger partial charge is 0.260 e. The first-order valence-electron chi connectivity index (χ1n) is 8.11. The van der Waals surface area contributed by atoms with Crippen LogP contribution in [0.3, 0.4) is 0 Å². The van der Waals surface area contributed by atoms with Gasteiger partial charge in [0.2, 0.25) is 0 Å². The molecule has 0 bridgehead atoms. The van der Waals surface area contributed by atoms with Gasteiger partial charge in [-0.1, -0.05) is 0 Å². The quantitative estimate of drug-likeness (QED) is 0.689. The lowest BCUT2D eigenvalue weighted by atomic mass is 9.95. The summed E-state index contributed by atoms with van der Waals surface area (Å²) in [7, 11) is 3.25. The summed E-state index contributed by atoms with van der Waals surface area (Å²) in [6.45, 7) is 2.11. The van der Waals surface area contributed by atoms with Gasteiger partial charge in [-0.15, -0.1) is 0 Å². The first-order valence-corrected chi connectivity index (χ1v) is 8.11. The Bertz CT molecular complexity index is 499. The van der Waals surface area contributed by atoms with E-state index in [1.807, 2.05) is 6.07 Å². The molecule has 0 aromatic carbocycles. The number of aromatic nitrogens is 1. The molecule has 1 heterocycles. The molecule has 0 saturated carbocycles. The zero-order chi connectivity index (χ0) is 16.5. The third-order valence-corrected chi connectivity index (χ3v) is 4.03. The fourth-order valence-electron chi connectivity index (χ4n) is 2.72. The van der Waals surface area contributed by atoms with Crippen LogP contribution in [0.1, 0.15) is 24.1 Å². The van der Waals surface area contributed by atoms with E-state index in [1.54, 1.807) is 25.3 Å². The van der Waals surface area contributed by atoms with E-state index in [0.29, 0.717) is 26.3 Å². The molecular weight excluding hydrogens is 296 g/mol. The van der Waals surface area contributed by atoms with E-state index in [4.69, 9.17) is 14.2 Å². The number of methoxy groups -OCH3 is 2. The first-order chi connectivity index (χ1) is 11.3. The van der Waals surface area contributed by atoms with Gasteiger partial charge in [-0.25, -0.2) is 0 Å². The van der Waals surface area contributed by atoms with Gasteiger partial charge in [0.1, 0.15) is 5.75 Å². The van der Waals surface area contributed by atoms with E-state index < -0.39 is 0 Å². The van der Waals surface area contributed by atoms with Gasteiger partial charge < -0.3 is 19.1 Å². The summed E-state index contributed by atoms with van der Waals surface area (Å²) in [4.78, 5) is 18.5. The molecule has 1 aliphatic carbocycles. The highest BCUT2D eigenvalue weighted by atomic mass is 16.5. The highest BCUT2D eigenvalue weighted by molar-refractivity contribution is 5.77. The second-order valence-corrected chi connectivity index (χ2v) is 5.60. The molecule has 1 aliphatic rings. The summed E-state index contributed by atoms with van der Waals surface area (Å²) in [6.07, 6.45) is 6.05. The predicted octanol–water partition coefficient (Wildman–Crippen LogP) is 1.46. The van der Waals surface area contributed by atoms with Crippen molar-refractivity contribution in [3.05, 3.63) is 23.5 Å². The first kappa shape index (κ1) is 17.7. The number of hydrogen-bond donors (Lipinski definition) is 0. The summed E-state index contributed by atoms with van der Waals surface area (Å²) in [6, 6.07) is 1.85. The second-order valence-electron chi connectivity index (χ2n) is 5.60. The average Bonchev–Trinajstić information content (AvgIpc) is 2.59. The van der Waals surface area contributed by atoms with Crippen LogP contribution >= 0.6 is 0 Å². The largest absolute Gasteiger partial charge is 0.483 e. The van der Waals surface area contributed by atoms with Gasteiger partial charge in [-0.3, -0.25) is 9.78 Å². The van der Waals surface area contributed by atoms with E-state index >= 15 is 0 Å². The molecule has 2 rings (SSSR count). The number of fused-ring (bicyclic) bond motifs is 1. The summed E-state index contributed by atoms with van der Waals surface area (Å²) < 4.78 is 15.9. The van der Waals surface area contributed by atoms with Gasteiger partial charge in [0.15, 0.2) is 6.61 Å². The van der Waals surface area contributed by atoms with Gasteiger partial charge in [0, 0.05) is 44.8 Å². The van der Waals surface area contributed by atoms with Crippen molar-refractivity contribution in [3.63, 3.8) is 0 Å². The third kappa shape index (κ3) is 5.18. The summed E-state index contributed by atoms with van der Waals surface area (Å²) >= 11 is 0. The van der Waals surface area contributed by atoms with Gasteiger partial charge in [-0.2, -0.15) is 0 Å². The maximum Gasteiger partial charge on any atom is 0.260 e. The lowest BCUT2D eigenvalue weighted by Gasteiger charge is -2.23. The van der Waals surface area contributed by atoms with Crippen molar-refractivity contribution in [3.8, 4) is 5.75 Å². The Labute approximate surface area is 137 Å². The molecular formula is C17H26N2O4. The molecule has 0 fully saturated rings. The van der Waals surface area contributed by atoms with Crippen LogP contribution in [0.2, 0.25) is 0 Å². The van der Waals surface area contributed by atoms with E-state index in [1.165, 1.54) is 6.42 Å². The Morgan fingerprint density at radius 3 is 2.57 bits per heavy atom. The molecule has 6 heteroatoms. The van der Waals surface area contributed by atoms with E-state index in [9.17, 15) is 4.79 Å². The minimum absolute atomic E-state index is 0.0316. The Morgan fingerprint density at radius 1 is 1.17 bits per heavy atom. The van der Waals surface area contributed by atoms with Crippen LogP contribution < -0.4 is 4.74 Å². The van der Waals surface area contributed by atoms with Crippen LogP contribution in [0.5, 0.6) is 5.75 Å². The molecule has 1 amide bonds.